The summed E-state index contributed by atoms with van der Waals surface area (Å²) >= 11 is 5.92. The molecule has 1 aromatic heterocycles. The van der Waals surface area contributed by atoms with E-state index in [1.165, 1.54) is 6.26 Å². The van der Waals surface area contributed by atoms with Gasteiger partial charge in [-0.05, 0) is 49.7 Å². The first-order valence-electron chi connectivity index (χ1n) is 9.67. The minimum Gasteiger partial charge on any atom is -0.468 e. The maximum absolute atomic E-state index is 13.2. The van der Waals surface area contributed by atoms with E-state index in [0.717, 1.165) is 0 Å². The largest absolute Gasteiger partial charge is 0.468 e. The number of benzene rings is 1. The number of anilines is 1. The number of amides is 1. The number of nitrogens with one attached hydrogen (secondary N) is 2. The van der Waals surface area contributed by atoms with Crippen LogP contribution < -0.4 is 10.6 Å². The van der Waals surface area contributed by atoms with Gasteiger partial charge in [-0.1, -0.05) is 18.5 Å². The van der Waals surface area contributed by atoms with Crippen LogP contribution in [0, 0.1) is 11.3 Å². The molecule has 3 rings (SSSR count). The van der Waals surface area contributed by atoms with E-state index in [2.05, 4.69) is 16.7 Å². The summed E-state index contributed by atoms with van der Waals surface area (Å²) in [6, 6.07) is 12.5. The number of rotatable bonds is 7. The first-order chi connectivity index (χ1) is 14.4. The Bertz CT molecular complexity index is 1040. The number of carbonyl (C=O) groups excluding carboxylic acids is 2. The number of hydrogen-bond acceptors (Lipinski definition) is 5. The molecule has 1 unspecified atom stereocenters. The van der Waals surface area contributed by atoms with Crippen LogP contribution >= 0.6 is 11.6 Å². The predicted molar refractivity (Wildman–Crippen MR) is 115 cm³/mol. The minimum absolute atomic E-state index is 0.115. The molecule has 1 amide bonds. The van der Waals surface area contributed by atoms with Gasteiger partial charge in [0.2, 0.25) is 0 Å². The van der Waals surface area contributed by atoms with Gasteiger partial charge < -0.3 is 15.1 Å². The van der Waals surface area contributed by atoms with Crippen LogP contribution in [0.1, 0.15) is 44.8 Å². The van der Waals surface area contributed by atoms with E-state index in [0.29, 0.717) is 58.3 Å². The highest BCUT2D eigenvalue weighted by atomic mass is 35.5. The molecule has 0 aliphatic carbocycles. The minimum atomic E-state index is -0.662. The summed E-state index contributed by atoms with van der Waals surface area (Å²) in [4.78, 5) is 25.0. The number of carbonyl (C=O) groups is 2. The number of ketones is 1. The van der Waals surface area contributed by atoms with Gasteiger partial charge in [0.1, 0.15) is 11.5 Å². The molecule has 1 aromatic carbocycles. The Labute approximate surface area is 180 Å². The Kier molecular flexibility index (Phi) is 6.76. The van der Waals surface area contributed by atoms with Crippen molar-refractivity contribution in [2.75, 3.05) is 5.32 Å². The van der Waals surface area contributed by atoms with Crippen molar-refractivity contribution in [1.29, 1.82) is 5.26 Å². The zero-order chi connectivity index (χ0) is 21.7. The molecule has 2 heterocycles. The second-order valence-electron chi connectivity index (χ2n) is 6.97. The molecule has 0 bridgehead atoms. The molecule has 1 atom stereocenters. The molecule has 1 aliphatic heterocycles. The fourth-order valence-corrected chi connectivity index (χ4v) is 3.57. The SMILES string of the molecule is CCC(=O)CCC1=C(C#N)C(c2ccco2)C(C(=O)Nc2ccc(Cl)cc2)=C(C)N1. The third kappa shape index (κ3) is 4.64. The lowest BCUT2D eigenvalue weighted by molar-refractivity contribution is -0.118. The van der Waals surface area contributed by atoms with Gasteiger partial charge in [0.25, 0.3) is 5.91 Å². The molecule has 2 aromatic rings. The Balaban J connectivity index is 1.97. The van der Waals surface area contributed by atoms with Gasteiger partial charge >= 0.3 is 0 Å². The second kappa shape index (κ2) is 9.47. The zero-order valence-electron chi connectivity index (χ0n) is 16.8. The number of nitrogens with zero attached hydrogens (tertiary/aromatic N) is 1. The number of Topliss-reactive ketones (excluding diaryl/α,β-unsaturated/α-hetero) is 1. The predicted octanol–water partition coefficient (Wildman–Crippen LogP) is 5.07. The molecule has 6 nitrogen and oxygen atoms in total. The summed E-state index contributed by atoms with van der Waals surface area (Å²) in [6.45, 7) is 3.59. The molecule has 2 N–H and O–H groups in total. The number of hydrogen-bond donors (Lipinski definition) is 2. The molecular formula is C23H22ClN3O3. The van der Waals surface area contributed by atoms with Crippen molar-refractivity contribution in [3.8, 4) is 6.07 Å². The lowest BCUT2D eigenvalue weighted by Gasteiger charge is -2.29. The van der Waals surface area contributed by atoms with Gasteiger partial charge in [0, 0.05) is 34.9 Å². The van der Waals surface area contributed by atoms with Crippen molar-refractivity contribution >= 4 is 29.0 Å². The number of nitriles is 1. The van der Waals surface area contributed by atoms with E-state index in [1.807, 2.05) is 6.92 Å². The van der Waals surface area contributed by atoms with Crippen LogP contribution in [-0.2, 0) is 9.59 Å². The Morgan fingerprint density at radius 1 is 1.27 bits per heavy atom. The maximum atomic E-state index is 13.2. The highest BCUT2D eigenvalue weighted by Crippen LogP contribution is 2.39. The standard InChI is InChI=1S/C23H22ClN3O3/c1-3-17(28)10-11-19-18(13-25)22(20-5-4-12-30-20)21(14(2)26-19)23(29)27-16-8-6-15(24)7-9-16/h4-9,12,22,26H,3,10-11H2,1-2H3,(H,27,29). The summed E-state index contributed by atoms with van der Waals surface area (Å²) in [5.74, 6) is -0.401. The van der Waals surface area contributed by atoms with Gasteiger partial charge in [-0.15, -0.1) is 0 Å². The van der Waals surface area contributed by atoms with Gasteiger partial charge in [-0.3, -0.25) is 9.59 Å². The third-order valence-corrected chi connectivity index (χ3v) is 5.24. The molecule has 0 saturated carbocycles. The first-order valence-corrected chi connectivity index (χ1v) is 10.0. The van der Waals surface area contributed by atoms with E-state index in [9.17, 15) is 14.9 Å². The molecule has 154 valence electrons. The van der Waals surface area contributed by atoms with E-state index in [4.69, 9.17) is 16.0 Å². The monoisotopic (exact) mass is 423 g/mol. The van der Waals surface area contributed by atoms with Crippen molar-refractivity contribution < 1.29 is 14.0 Å². The summed E-state index contributed by atoms with van der Waals surface area (Å²) in [6.07, 6.45) is 2.68. The van der Waals surface area contributed by atoms with Crippen molar-refractivity contribution in [1.82, 2.24) is 5.32 Å². The van der Waals surface area contributed by atoms with E-state index in [-0.39, 0.29) is 11.7 Å². The van der Waals surface area contributed by atoms with Crippen LogP contribution in [0.15, 0.2) is 69.6 Å². The fourth-order valence-electron chi connectivity index (χ4n) is 3.44. The van der Waals surface area contributed by atoms with Crippen LogP contribution in [0.4, 0.5) is 5.69 Å². The maximum Gasteiger partial charge on any atom is 0.254 e. The summed E-state index contributed by atoms with van der Waals surface area (Å²) in [5.41, 5.74) is 2.61. The second-order valence-corrected chi connectivity index (χ2v) is 7.41. The molecule has 7 heteroatoms. The zero-order valence-corrected chi connectivity index (χ0v) is 17.5. The summed E-state index contributed by atoms with van der Waals surface area (Å²) < 4.78 is 5.58. The summed E-state index contributed by atoms with van der Waals surface area (Å²) in [7, 11) is 0. The van der Waals surface area contributed by atoms with Crippen LogP contribution in [-0.4, -0.2) is 11.7 Å². The average Bonchev–Trinajstić information content (AvgIpc) is 3.27. The van der Waals surface area contributed by atoms with E-state index >= 15 is 0 Å². The van der Waals surface area contributed by atoms with Gasteiger partial charge in [-0.2, -0.15) is 5.26 Å². The topological polar surface area (TPSA) is 95.1 Å². The van der Waals surface area contributed by atoms with E-state index in [1.54, 1.807) is 43.3 Å². The number of allylic oxidation sites excluding steroid dienone is 3. The van der Waals surface area contributed by atoms with Crippen molar-refractivity contribution in [3.05, 3.63) is 76.0 Å². The number of halogens is 1. The number of furan rings is 1. The molecule has 1 aliphatic rings. The Morgan fingerprint density at radius 3 is 2.60 bits per heavy atom. The highest BCUT2D eigenvalue weighted by molar-refractivity contribution is 6.30. The molecule has 30 heavy (non-hydrogen) atoms. The van der Waals surface area contributed by atoms with Crippen LogP contribution in [0.5, 0.6) is 0 Å². The quantitative estimate of drug-likeness (QED) is 0.648. The van der Waals surface area contributed by atoms with Crippen molar-refractivity contribution in [2.24, 2.45) is 0 Å². The average molecular weight is 424 g/mol. The molecule has 0 radical (unpaired) electrons. The van der Waals surface area contributed by atoms with Crippen LogP contribution in [0.2, 0.25) is 5.02 Å². The highest BCUT2D eigenvalue weighted by Gasteiger charge is 2.36. The third-order valence-electron chi connectivity index (χ3n) is 4.99. The Morgan fingerprint density at radius 2 is 2.00 bits per heavy atom. The van der Waals surface area contributed by atoms with E-state index < -0.39 is 5.92 Å². The van der Waals surface area contributed by atoms with Crippen molar-refractivity contribution in [3.63, 3.8) is 0 Å². The lowest BCUT2D eigenvalue weighted by atomic mass is 9.82. The first kappa shape index (κ1) is 21.4. The Hall–Kier alpha value is -3.30. The van der Waals surface area contributed by atoms with Gasteiger partial charge in [-0.25, -0.2) is 0 Å². The normalized spacial score (nSPS) is 16.1. The fraction of sp³-hybridized carbons (Fsp3) is 0.261. The van der Waals surface area contributed by atoms with Crippen LogP contribution in [0.3, 0.4) is 0 Å². The smallest absolute Gasteiger partial charge is 0.254 e. The van der Waals surface area contributed by atoms with Gasteiger partial charge in [0.05, 0.1) is 29.4 Å². The van der Waals surface area contributed by atoms with Crippen molar-refractivity contribution in [2.45, 2.75) is 39.0 Å². The molecule has 0 spiro atoms. The van der Waals surface area contributed by atoms with Gasteiger partial charge in [0.15, 0.2) is 0 Å². The molecule has 0 fully saturated rings. The summed E-state index contributed by atoms with van der Waals surface area (Å²) in [5, 5.41) is 16.5. The molecular weight excluding hydrogens is 402 g/mol. The van der Waals surface area contributed by atoms with Crippen LogP contribution in [0.25, 0.3) is 0 Å². The number of dihydropyridines is 1. The lowest BCUT2D eigenvalue weighted by Crippen LogP contribution is -2.31. The molecule has 0 saturated heterocycles.